The maximum atomic E-state index is 14.7. The minimum Gasteiger partial charge on any atom is -0.339 e. The molecule has 3 aromatic rings. The molecule has 0 radical (unpaired) electrons. The van der Waals surface area contributed by atoms with E-state index in [-0.39, 0.29) is 11.4 Å². The molecule has 1 unspecified atom stereocenters. The molecule has 4 N–H and O–H groups in total. The van der Waals surface area contributed by atoms with Gasteiger partial charge in [-0.15, -0.1) is 0 Å². The van der Waals surface area contributed by atoms with Gasteiger partial charge in [-0.3, -0.25) is 14.7 Å². The number of benzene rings is 2. The molecule has 0 fully saturated rings. The van der Waals surface area contributed by atoms with Crippen LogP contribution in [0.15, 0.2) is 36.4 Å². The largest absolute Gasteiger partial charge is 0.339 e. The van der Waals surface area contributed by atoms with Crippen LogP contribution in [0.5, 0.6) is 0 Å². The molecule has 0 saturated heterocycles. The lowest BCUT2D eigenvalue weighted by Crippen LogP contribution is -2.42. The molecule has 7 nitrogen and oxygen atoms in total. The van der Waals surface area contributed by atoms with Crippen LogP contribution in [0.3, 0.4) is 0 Å². The number of aromatic nitrogens is 2. The highest BCUT2D eigenvalue weighted by molar-refractivity contribution is 6.07. The van der Waals surface area contributed by atoms with Crippen LogP contribution in [0.25, 0.3) is 10.9 Å². The average Bonchev–Trinajstić information content (AvgIpc) is 3.14. The summed E-state index contributed by atoms with van der Waals surface area (Å²) in [4.78, 5) is 25.0. The Kier molecular flexibility index (Phi) is 4.79. The number of hydrogen-bond acceptors (Lipinski definition) is 4. The van der Waals surface area contributed by atoms with Gasteiger partial charge >= 0.3 is 0 Å². The van der Waals surface area contributed by atoms with Gasteiger partial charge in [0.25, 0.3) is 5.91 Å². The van der Waals surface area contributed by atoms with Crippen LogP contribution < -0.4 is 16.0 Å². The second-order valence-electron chi connectivity index (χ2n) is 6.79. The van der Waals surface area contributed by atoms with Crippen LogP contribution in [-0.2, 0) is 17.8 Å². The first kappa shape index (κ1) is 18.1. The predicted octanol–water partition coefficient (Wildman–Crippen LogP) is 2.10. The van der Waals surface area contributed by atoms with E-state index < -0.39 is 23.7 Å². The van der Waals surface area contributed by atoms with Crippen LogP contribution >= 0.6 is 0 Å². The van der Waals surface area contributed by atoms with Crippen LogP contribution in [0.2, 0.25) is 0 Å². The zero-order chi connectivity index (χ0) is 19.7. The molecule has 0 spiro atoms. The molecule has 144 valence electrons. The van der Waals surface area contributed by atoms with E-state index in [1.54, 1.807) is 31.2 Å². The Bertz CT molecular complexity index is 1060. The van der Waals surface area contributed by atoms with Gasteiger partial charge < -0.3 is 16.0 Å². The molecule has 1 aliphatic rings. The highest BCUT2D eigenvalue weighted by Crippen LogP contribution is 2.24. The van der Waals surface area contributed by atoms with Crippen molar-refractivity contribution in [2.24, 2.45) is 0 Å². The third-order valence-corrected chi connectivity index (χ3v) is 4.89. The molecule has 1 aromatic heterocycles. The fourth-order valence-corrected chi connectivity index (χ4v) is 3.34. The molecule has 4 rings (SSSR count). The zero-order valence-corrected chi connectivity index (χ0v) is 15.3. The quantitative estimate of drug-likeness (QED) is 0.556. The Morgan fingerprint density at radius 1 is 1.21 bits per heavy atom. The average molecular weight is 381 g/mol. The van der Waals surface area contributed by atoms with Crippen LogP contribution in [0.4, 0.5) is 10.1 Å². The number of nitrogens with one attached hydrogen (secondary N) is 4. The predicted molar refractivity (Wildman–Crippen MR) is 103 cm³/mol. The summed E-state index contributed by atoms with van der Waals surface area (Å²) in [6.45, 7) is 2.86. The third kappa shape index (κ3) is 3.34. The fourth-order valence-electron chi connectivity index (χ4n) is 3.34. The van der Waals surface area contributed by atoms with Crippen molar-refractivity contribution < 1.29 is 14.0 Å². The fraction of sp³-hybridized carbons (Fsp3) is 0.250. The summed E-state index contributed by atoms with van der Waals surface area (Å²) in [7, 11) is 0. The van der Waals surface area contributed by atoms with Gasteiger partial charge in [0.05, 0.1) is 11.2 Å². The summed E-state index contributed by atoms with van der Waals surface area (Å²) in [6, 6.07) is 9.72. The molecular formula is C20H20FN5O2. The Morgan fingerprint density at radius 3 is 2.89 bits per heavy atom. The van der Waals surface area contributed by atoms with Gasteiger partial charge in [0.1, 0.15) is 11.9 Å². The second-order valence-corrected chi connectivity index (χ2v) is 6.79. The first-order valence-electron chi connectivity index (χ1n) is 9.10. The second kappa shape index (κ2) is 7.40. The number of fused-ring (bicyclic) bond motifs is 2. The van der Waals surface area contributed by atoms with E-state index in [9.17, 15) is 14.0 Å². The normalized spacial score (nSPS) is 14.4. The number of amides is 2. The van der Waals surface area contributed by atoms with Crippen molar-refractivity contribution in [1.29, 1.82) is 0 Å². The number of hydrogen-bond donors (Lipinski definition) is 4. The van der Waals surface area contributed by atoms with Crippen molar-refractivity contribution in [3.05, 3.63) is 59.0 Å². The van der Waals surface area contributed by atoms with Gasteiger partial charge in [-0.1, -0.05) is 24.3 Å². The van der Waals surface area contributed by atoms with Crippen LogP contribution in [0, 0.1) is 5.82 Å². The maximum absolute atomic E-state index is 14.7. The molecular weight excluding hydrogens is 361 g/mol. The summed E-state index contributed by atoms with van der Waals surface area (Å²) >= 11 is 0. The number of anilines is 1. The molecule has 0 bridgehead atoms. The summed E-state index contributed by atoms with van der Waals surface area (Å²) in [5.41, 5.74) is 2.58. The number of rotatable bonds is 4. The monoisotopic (exact) mass is 381 g/mol. The van der Waals surface area contributed by atoms with E-state index in [2.05, 4.69) is 26.1 Å². The summed E-state index contributed by atoms with van der Waals surface area (Å²) in [5, 5.41) is 15.8. The van der Waals surface area contributed by atoms with E-state index in [0.29, 0.717) is 30.5 Å². The Labute approximate surface area is 160 Å². The Morgan fingerprint density at radius 2 is 2.04 bits per heavy atom. The molecule has 2 aromatic carbocycles. The van der Waals surface area contributed by atoms with Gasteiger partial charge in [-0.05, 0) is 43.1 Å². The van der Waals surface area contributed by atoms with E-state index in [4.69, 9.17) is 0 Å². The summed E-state index contributed by atoms with van der Waals surface area (Å²) < 4.78 is 14.7. The van der Waals surface area contributed by atoms with Crippen molar-refractivity contribution in [3.63, 3.8) is 0 Å². The van der Waals surface area contributed by atoms with Gasteiger partial charge in [0.15, 0.2) is 5.69 Å². The third-order valence-electron chi connectivity index (χ3n) is 4.89. The number of carbonyl (C=O) groups is 2. The molecule has 28 heavy (non-hydrogen) atoms. The first-order chi connectivity index (χ1) is 13.5. The molecule has 0 aliphatic carbocycles. The molecule has 2 heterocycles. The molecule has 2 amide bonds. The van der Waals surface area contributed by atoms with E-state index in [1.165, 1.54) is 0 Å². The molecule has 8 heteroatoms. The van der Waals surface area contributed by atoms with Crippen molar-refractivity contribution in [2.75, 3.05) is 11.9 Å². The lowest BCUT2D eigenvalue weighted by Gasteiger charge is -2.20. The van der Waals surface area contributed by atoms with Crippen molar-refractivity contribution in [2.45, 2.75) is 25.9 Å². The Hall–Kier alpha value is -3.26. The zero-order valence-electron chi connectivity index (χ0n) is 15.3. The maximum Gasteiger partial charge on any atom is 0.273 e. The minimum atomic E-state index is -0.861. The smallest absolute Gasteiger partial charge is 0.273 e. The van der Waals surface area contributed by atoms with Crippen LogP contribution in [-0.4, -0.2) is 34.6 Å². The highest BCUT2D eigenvalue weighted by Gasteiger charge is 2.22. The van der Waals surface area contributed by atoms with E-state index in [0.717, 1.165) is 11.1 Å². The van der Waals surface area contributed by atoms with Crippen molar-refractivity contribution in [3.8, 4) is 0 Å². The minimum absolute atomic E-state index is 0.122. The Balaban J connectivity index is 1.46. The van der Waals surface area contributed by atoms with Gasteiger partial charge in [0, 0.05) is 11.9 Å². The van der Waals surface area contributed by atoms with Gasteiger partial charge in [-0.25, -0.2) is 4.39 Å². The number of halogens is 1. The SMILES string of the molecule is CC(NC(=O)c1n[nH]c2ccccc12)C(=O)Nc1ccc2c(c1F)CCNC2. The molecule has 1 atom stereocenters. The standard InChI is InChI=1S/C20H20FN5O2/c1-11(23-20(28)18-14-4-2-3-5-15(14)25-26-18)19(27)24-16-7-6-12-10-22-9-8-13(12)17(16)21/h2-7,11,22H,8-10H2,1H3,(H,23,28)(H,24,27)(H,25,26). The summed E-state index contributed by atoms with van der Waals surface area (Å²) in [5.74, 6) is -1.39. The van der Waals surface area contributed by atoms with Gasteiger partial charge in [0.2, 0.25) is 5.91 Å². The number of para-hydroxylation sites is 1. The van der Waals surface area contributed by atoms with Crippen molar-refractivity contribution >= 4 is 28.4 Å². The highest BCUT2D eigenvalue weighted by atomic mass is 19.1. The molecule has 0 saturated carbocycles. The summed E-state index contributed by atoms with van der Waals surface area (Å²) in [6.07, 6.45) is 0.573. The lowest BCUT2D eigenvalue weighted by molar-refractivity contribution is -0.117. The lowest BCUT2D eigenvalue weighted by atomic mass is 9.99. The van der Waals surface area contributed by atoms with E-state index >= 15 is 0 Å². The van der Waals surface area contributed by atoms with Crippen molar-refractivity contribution in [1.82, 2.24) is 20.8 Å². The topological polar surface area (TPSA) is 98.9 Å². The van der Waals surface area contributed by atoms with E-state index in [1.807, 2.05) is 12.1 Å². The van der Waals surface area contributed by atoms with Gasteiger partial charge in [-0.2, -0.15) is 5.10 Å². The van der Waals surface area contributed by atoms with Crippen LogP contribution in [0.1, 0.15) is 28.5 Å². The number of aromatic amines is 1. The number of carbonyl (C=O) groups excluding carboxylic acids is 2. The number of nitrogens with zero attached hydrogens (tertiary/aromatic N) is 1. The first-order valence-corrected chi connectivity index (χ1v) is 9.10. The number of H-pyrrole nitrogens is 1. The molecule has 1 aliphatic heterocycles.